The Morgan fingerprint density at radius 2 is 2.06 bits per heavy atom. The average molecular weight is 254 g/mol. The molecule has 0 amide bonds. The number of nitrogen functional groups attached to an aromatic ring is 1. The Balaban J connectivity index is 2.14. The number of thioether (sulfide) groups is 1. The highest BCUT2D eigenvalue weighted by atomic mass is 32.2. The largest absolute Gasteiger partial charge is 0.399 e. The van der Waals surface area contributed by atoms with Crippen molar-refractivity contribution in [3.63, 3.8) is 0 Å². The topological polar surface area (TPSA) is 49.8 Å². The lowest BCUT2D eigenvalue weighted by Crippen LogP contribution is -1.89. The third-order valence-corrected chi connectivity index (χ3v) is 3.75. The molecule has 0 bridgehead atoms. The van der Waals surface area contributed by atoms with Crippen LogP contribution in [0, 0.1) is 18.3 Å². The van der Waals surface area contributed by atoms with E-state index in [0.717, 1.165) is 10.6 Å². The standard InChI is InChI=1S/C15H14N2S/c1-11-3-2-4-12(7-11)10-18-15-6-5-14(17)8-13(15)9-16/h2-8H,10,17H2,1H3. The van der Waals surface area contributed by atoms with E-state index in [0.29, 0.717) is 11.3 Å². The van der Waals surface area contributed by atoms with E-state index in [1.165, 1.54) is 11.1 Å². The Morgan fingerprint density at radius 3 is 2.78 bits per heavy atom. The lowest BCUT2D eigenvalue weighted by atomic mass is 10.2. The molecule has 2 nitrogen and oxygen atoms in total. The molecule has 0 saturated heterocycles. The van der Waals surface area contributed by atoms with Crippen LogP contribution in [0.2, 0.25) is 0 Å². The van der Waals surface area contributed by atoms with Crippen LogP contribution in [-0.4, -0.2) is 0 Å². The van der Waals surface area contributed by atoms with Crippen molar-refractivity contribution in [3.8, 4) is 6.07 Å². The molecule has 0 aliphatic heterocycles. The summed E-state index contributed by atoms with van der Waals surface area (Å²) in [6.45, 7) is 2.08. The fourth-order valence-corrected chi connectivity index (χ4v) is 2.65. The molecule has 2 rings (SSSR count). The summed E-state index contributed by atoms with van der Waals surface area (Å²) < 4.78 is 0. The Labute approximate surface area is 111 Å². The molecular formula is C15H14N2S. The van der Waals surface area contributed by atoms with Gasteiger partial charge in [0, 0.05) is 16.3 Å². The number of hydrogen-bond donors (Lipinski definition) is 1. The van der Waals surface area contributed by atoms with Crippen molar-refractivity contribution >= 4 is 17.4 Å². The fraction of sp³-hybridized carbons (Fsp3) is 0.133. The van der Waals surface area contributed by atoms with Crippen LogP contribution in [0.25, 0.3) is 0 Å². The maximum Gasteiger partial charge on any atom is 0.100 e. The molecule has 0 radical (unpaired) electrons. The average Bonchev–Trinajstić information content (AvgIpc) is 2.37. The third kappa shape index (κ3) is 3.06. The molecular weight excluding hydrogens is 240 g/mol. The van der Waals surface area contributed by atoms with Crippen molar-refractivity contribution < 1.29 is 0 Å². The SMILES string of the molecule is Cc1cccc(CSc2ccc(N)cc2C#N)c1. The number of nitrogens with zero attached hydrogens (tertiary/aromatic N) is 1. The molecule has 0 aromatic heterocycles. The molecule has 18 heavy (non-hydrogen) atoms. The number of anilines is 1. The highest BCUT2D eigenvalue weighted by Crippen LogP contribution is 2.27. The molecule has 2 aromatic carbocycles. The first-order valence-corrected chi connectivity index (χ1v) is 6.65. The molecule has 2 aromatic rings. The number of hydrogen-bond acceptors (Lipinski definition) is 3. The van der Waals surface area contributed by atoms with Gasteiger partial charge in [0.2, 0.25) is 0 Å². The van der Waals surface area contributed by atoms with Crippen molar-refractivity contribution in [2.24, 2.45) is 0 Å². The smallest absolute Gasteiger partial charge is 0.100 e. The Bertz CT molecular complexity index is 600. The molecule has 0 heterocycles. The molecule has 0 fully saturated rings. The van der Waals surface area contributed by atoms with Crippen LogP contribution in [0.4, 0.5) is 5.69 Å². The van der Waals surface area contributed by atoms with Crippen molar-refractivity contribution in [2.45, 2.75) is 17.6 Å². The normalized spacial score (nSPS) is 10.0. The monoisotopic (exact) mass is 254 g/mol. The Hall–Kier alpha value is -1.92. The van der Waals surface area contributed by atoms with Crippen molar-refractivity contribution in [1.82, 2.24) is 0 Å². The summed E-state index contributed by atoms with van der Waals surface area (Å²) in [7, 11) is 0. The highest BCUT2D eigenvalue weighted by molar-refractivity contribution is 7.98. The second kappa shape index (κ2) is 5.61. The molecule has 2 N–H and O–H groups in total. The van der Waals surface area contributed by atoms with Crippen molar-refractivity contribution in [1.29, 1.82) is 5.26 Å². The van der Waals surface area contributed by atoms with E-state index in [2.05, 4.69) is 37.3 Å². The summed E-state index contributed by atoms with van der Waals surface area (Å²) in [6.07, 6.45) is 0. The van der Waals surface area contributed by atoms with E-state index in [4.69, 9.17) is 11.0 Å². The van der Waals surface area contributed by atoms with Gasteiger partial charge in [-0.25, -0.2) is 0 Å². The number of benzene rings is 2. The van der Waals surface area contributed by atoms with Gasteiger partial charge in [-0.05, 0) is 30.7 Å². The zero-order valence-electron chi connectivity index (χ0n) is 10.2. The summed E-state index contributed by atoms with van der Waals surface area (Å²) >= 11 is 1.66. The predicted molar refractivity (Wildman–Crippen MR) is 76.3 cm³/mol. The van der Waals surface area contributed by atoms with E-state index in [-0.39, 0.29) is 0 Å². The second-order valence-corrected chi connectivity index (χ2v) is 5.16. The first-order valence-electron chi connectivity index (χ1n) is 5.67. The Kier molecular flexibility index (Phi) is 3.91. The van der Waals surface area contributed by atoms with E-state index in [1.54, 1.807) is 17.8 Å². The molecule has 0 atom stereocenters. The van der Waals surface area contributed by atoms with Crippen LogP contribution in [-0.2, 0) is 5.75 Å². The van der Waals surface area contributed by atoms with Gasteiger partial charge in [0.25, 0.3) is 0 Å². The fourth-order valence-electron chi connectivity index (χ4n) is 1.72. The van der Waals surface area contributed by atoms with Crippen LogP contribution < -0.4 is 5.73 Å². The van der Waals surface area contributed by atoms with E-state index < -0.39 is 0 Å². The zero-order chi connectivity index (χ0) is 13.0. The summed E-state index contributed by atoms with van der Waals surface area (Å²) in [5, 5.41) is 9.07. The quantitative estimate of drug-likeness (QED) is 0.670. The molecule has 0 spiro atoms. The molecule has 0 aliphatic rings. The number of nitrogens with two attached hydrogens (primary N) is 1. The van der Waals surface area contributed by atoms with Gasteiger partial charge in [-0.15, -0.1) is 11.8 Å². The lowest BCUT2D eigenvalue weighted by Gasteiger charge is -2.05. The van der Waals surface area contributed by atoms with Gasteiger partial charge in [-0.3, -0.25) is 0 Å². The van der Waals surface area contributed by atoms with Crippen LogP contribution in [0.1, 0.15) is 16.7 Å². The van der Waals surface area contributed by atoms with Crippen molar-refractivity contribution in [3.05, 3.63) is 59.2 Å². The molecule has 90 valence electrons. The van der Waals surface area contributed by atoms with E-state index in [1.807, 2.05) is 12.1 Å². The molecule has 3 heteroatoms. The maximum absolute atomic E-state index is 9.07. The van der Waals surface area contributed by atoms with Gasteiger partial charge in [0.05, 0.1) is 5.56 Å². The third-order valence-electron chi connectivity index (χ3n) is 2.60. The second-order valence-electron chi connectivity index (χ2n) is 4.15. The van der Waals surface area contributed by atoms with Gasteiger partial charge >= 0.3 is 0 Å². The minimum absolute atomic E-state index is 0.631. The number of aryl methyl sites for hydroxylation is 1. The highest BCUT2D eigenvalue weighted by Gasteiger charge is 2.03. The molecule has 0 unspecified atom stereocenters. The van der Waals surface area contributed by atoms with Gasteiger partial charge in [-0.2, -0.15) is 5.26 Å². The van der Waals surface area contributed by atoms with Crippen LogP contribution >= 0.6 is 11.8 Å². The number of rotatable bonds is 3. The van der Waals surface area contributed by atoms with Gasteiger partial charge in [0.15, 0.2) is 0 Å². The maximum atomic E-state index is 9.07. The van der Waals surface area contributed by atoms with Crippen LogP contribution in [0.15, 0.2) is 47.4 Å². The van der Waals surface area contributed by atoms with Crippen LogP contribution in [0.3, 0.4) is 0 Å². The zero-order valence-corrected chi connectivity index (χ0v) is 11.0. The van der Waals surface area contributed by atoms with Gasteiger partial charge < -0.3 is 5.73 Å². The molecule has 0 aliphatic carbocycles. The first kappa shape index (κ1) is 12.5. The van der Waals surface area contributed by atoms with Gasteiger partial charge in [0.1, 0.15) is 6.07 Å². The van der Waals surface area contributed by atoms with Gasteiger partial charge in [-0.1, -0.05) is 29.8 Å². The summed E-state index contributed by atoms with van der Waals surface area (Å²) in [5.41, 5.74) is 9.47. The van der Waals surface area contributed by atoms with E-state index >= 15 is 0 Å². The summed E-state index contributed by atoms with van der Waals surface area (Å²) in [4.78, 5) is 0.980. The minimum atomic E-state index is 0.631. The summed E-state index contributed by atoms with van der Waals surface area (Å²) in [6, 6.07) is 16.0. The predicted octanol–water partition coefficient (Wildman–Crippen LogP) is 3.74. The lowest BCUT2D eigenvalue weighted by molar-refractivity contribution is 1.32. The first-order chi connectivity index (χ1) is 8.69. The van der Waals surface area contributed by atoms with Crippen molar-refractivity contribution in [2.75, 3.05) is 5.73 Å². The molecule has 0 saturated carbocycles. The van der Waals surface area contributed by atoms with Crippen LogP contribution in [0.5, 0.6) is 0 Å². The summed E-state index contributed by atoms with van der Waals surface area (Å²) in [5.74, 6) is 0.861. The van der Waals surface area contributed by atoms with E-state index in [9.17, 15) is 0 Å². The Morgan fingerprint density at radius 1 is 1.22 bits per heavy atom. The number of nitriles is 1. The minimum Gasteiger partial charge on any atom is -0.399 e.